The fourth-order valence-corrected chi connectivity index (χ4v) is 1.92. The molecular weight excluding hydrogens is 176 g/mol. The molecule has 80 valence electrons. The first-order chi connectivity index (χ1) is 6.54. The minimum Gasteiger partial charge on any atom is -0.337 e. The zero-order valence-corrected chi connectivity index (χ0v) is 9.29. The fraction of sp³-hybridized carbons (Fsp3) is 0.727. The maximum absolute atomic E-state index is 11.4. The molecule has 1 aliphatic rings. The third-order valence-corrected chi connectivity index (χ3v) is 2.65. The van der Waals surface area contributed by atoms with Gasteiger partial charge in [0.05, 0.1) is 0 Å². The van der Waals surface area contributed by atoms with Crippen molar-refractivity contribution in [2.45, 2.75) is 32.9 Å². The van der Waals surface area contributed by atoms with Crippen molar-refractivity contribution in [2.75, 3.05) is 13.1 Å². The van der Waals surface area contributed by atoms with E-state index in [1.165, 1.54) is 6.08 Å². The van der Waals surface area contributed by atoms with Crippen LogP contribution in [0.15, 0.2) is 12.7 Å². The highest BCUT2D eigenvalue weighted by atomic mass is 16.2. The van der Waals surface area contributed by atoms with E-state index in [-0.39, 0.29) is 5.91 Å². The van der Waals surface area contributed by atoms with Gasteiger partial charge in [0.1, 0.15) is 0 Å². The van der Waals surface area contributed by atoms with E-state index in [1.54, 1.807) is 0 Å². The van der Waals surface area contributed by atoms with Crippen molar-refractivity contribution < 1.29 is 4.79 Å². The molecule has 2 atom stereocenters. The van der Waals surface area contributed by atoms with Gasteiger partial charge >= 0.3 is 0 Å². The lowest BCUT2D eigenvalue weighted by atomic mass is 10.1. The quantitative estimate of drug-likeness (QED) is 0.683. The molecule has 1 saturated heterocycles. The highest BCUT2D eigenvalue weighted by molar-refractivity contribution is 5.87. The number of nitrogens with zero attached hydrogens (tertiary/aromatic N) is 1. The first-order valence-corrected chi connectivity index (χ1v) is 5.22. The molecule has 0 aromatic rings. The van der Waals surface area contributed by atoms with Crippen molar-refractivity contribution in [1.29, 1.82) is 0 Å². The molecule has 0 radical (unpaired) electrons. The average Bonchev–Trinajstić information content (AvgIpc) is 2.46. The van der Waals surface area contributed by atoms with E-state index in [1.807, 2.05) is 4.90 Å². The Bertz CT molecular complexity index is 225. The molecule has 14 heavy (non-hydrogen) atoms. The lowest BCUT2D eigenvalue weighted by Gasteiger charge is -2.19. The van der Waals surface area contributed by atoms with E-state index >= 15 is 0 Å². The second-order valence-electron chi connectivity index (χ2n) is 4.35. The number of likely N-dealkylation sites (tertiary alicyclic amines) is 1. The number of nitrogens with one attached hydrogen (secondary N) is 1. The Hall–Kier alpha value is -0.830. The Balaban J connectivity index is 2.51. The van der Waals surface area contributed by atoms with Crippen LogP contribution in [0.25, 0.3) is 0 Å². The third-order valence-electron chi connectivity index (χ3n) is 2.65. The minimum atomic E-state index is 0.0462. The van der Waals surface area contributed by atoms with Crippen molar-refractivity contribution in [3.63, 3.8) is 0 Å². The Morgan fingerprint density at radius 3 is 2.71 bits per heavy atom. The maximum Gasteiger partial charge on any atom is 0.246 e. The van der Waals surface area contributed by atoms with Gasteiger partial charge in [-0.3, -0.25) is 4.79 Å². The summed E-state index contributed by atoms with van der Waals surface area (Å²) in [6.07, 6.45) is 1.39. The summed E-state index contributed by atoms with van der Waals surface area (Å²) in [6.45, 7) is 11.6. The van der Waals surface area contributed by atoms with Gasteiger partial charge in [0, 0.05) is 25.2 Å². The van der Waals surface area contributed by atoms with Gasteiger partial charge in [-0.05, 0) is 12.0 Å². The van der Waals surface area contributed by atoms with Crippen LogP contribution in [0, 0.1) is 5.92 Å². The van der Waals surface area contributed by atoms with Crippen LogP contribution < -0.4 is 5.32 Å². The predicted molar refractivity (Wildman–Crippen MR) is 58.0 cm³/mol. The largest absolute Gasteiger partial charge is 0.337 e. The monoisotopic (exact) mass is 196 g/mol. The Kier molecular flexibility index (Phi) is 3.69. The summed E-state index contributed by atoms with van der Waals surface area (Å²) in [4.78, 5) is 13.2. The van der Waals surface area contributed by atoms with Crippen LogP contribution in [0.3, 0.4) is 0 Å². The lowest BCUT2D eigenvalue weighted by Crippen LogP contribution is -2.40. The van der Waals surface area contributed by atoms with Gasteiger partial charge < -0.3 is 10.2 Å². The zero-order valence-electron chi connectivity index (χ0n) is 9.29. The average molecular weight is 196 g/mol. The van der Waals surface area contributed by atoms with Crippen molar-refractivity contribution in [3.8, 4) is 0 Å². The van der Waals surface area contributed by atoms with Gasteiger partial charge in [0.25, 0.3) is 0 Å². The molecule has 0 bridgehead atoms. The third kappa shape index (κ3) is 2.58. The van der Waals surface area contributed by atoms with Crippen molar-refractivity contribution in [1.82, 2.24) is 10.2 Å². The van der Waals surface area contributed by atoms with Gasteiger partial charge in [-0.1, -0.05) is 27.4 Å². The van der Waals surface area contributed by atoms with Crippen molar-refractivity contribution in [2.24, 2.45) is 5.92 Å². The molecule has 1 heterocycles. The summed E-state index contributed by atoms with van der Waals surface area (Å²) in [5.74, 6) is 0.575. The number of carbonyl (C=O) groups is 1. The summed E-state index contributed by atoms with van der Waals surface area (Å²) in [6, 6.07) is 0.903. The van der Waals surface area contributed by atoms with Crippen LogP contribution in [0.5, 0.6) is 0 Å². The number of amides is 1. The van der Waals surface area contributed by atoms with E-state index < -0.39 is 0 Å². The normalized spacial score (nSPS) is 27.0. The van der Waals surface area contributed by atoms with Gasteiger partial charge in [-0.15, -0.1) is 0 Å². The summed E-state index contributed by atoms with van der Waals surface area (Å²) < 4.78 is 0. The van der Waals surface area contributed by atoms with Crippen LogP contribution in [0.2, 0.25) is 0 Å². The molecule has 0 aromatic carbocycles. The number of hydrogen-bond acceptors (Lipinski definition) is 2. The van der Waals surface area contributed by atoms with Crippen LogP contribution in [-0.2, 0) is 4.79 Å². The van der Waals surface area contributed by atoms with E-state index in [4.69, 9.17) is 0 Å². The SMILES string of the molecule is C=CC(=O)N1CC(C)C(NC(C)C)C1. The molecule has 1 rings (SSSR count). The number of hydrogen-bond donors (Lipinski definition) is 1. The summed E-state index contributed by atoms with van der Waals surface area (Å²) in [7, 11) is 0. The molecule has 1 N–H and O–H groups in total. The van der Waals surface area contributed by atoms with E-state index in [9.17, 15) is 4.79 Å². The molecule has 3 nitrogen and oxygen atoms in total. The van der Waals surface area contributed by atoms with Gasteiger partial charge in [0.2, 0.25) is 5.91 Å². The Labute approximate surface area is 86.2 Å². The first kappa shape index (κ1) is 11.2. The Morgan fingerprint density at radius 1 is 1.57 bits per heavy atom. The van der Waals surface area contributed by atoms with Gasteiger partial charge in [-0.25, -0.2) is 0 Å². The molecule has 3 heteroatoms. The van der Waals surface area contributed by atoms with Crippen molar-refractivity contribution in [3.05, 3.63) is 12.7 Å². The van der Waals surface area contributed by atoms with E-state index in [0.717, 1.165) is 13.1 Å². The molecular formula is C11H20N2O. The molecule has 2 unspecified atom stereocenters. The summed E-state index contributed by atoms with van der Waals surface area (Å²) >= 11 is 0. The topological polar surface area (TPSA) is 32.3 Å². The molecule has 0 spiro atoms. The lowest BCUT2D eigenvalue weighted by molar-refractivity contribution is -0.125. The maximum atomic E-state index is 11.4. The van der Waals surface area contributed by atoms with Gasteiger partial charge in [-0.2, -0.15) is 0 Å². The number of rotatable bonds is 3. The zero-order chi connectivity index (χ0) is 10.7. The molecule has 1 fully saturated rings. The standard InChI is InChI=1S/C11H20N2O/c1-5-11(14)13-6-9(4)10(7-13)12-8(2)3/h5,8-10,12H,1,6-7H2,2-4H3. The van der Waals surface area contributed by atoms with Crippen LogP contribution in [0.1, 0.15) is 20.8 Å². The highest BCUT2D eigenvalue weighted by Gasteiger charge is 2.31. The van der Waals surface area contributed by atoms with E-state index in [0.29, 0.717) is 18.0 Å². The second-order valence-corrected chi connectivity index (χ2v) is 4.35. The minimum absolute atomic E-state index is 0.0462. The molecule has 1 amide bonds. The van der Waals surface area contributed by atoms with Crippen LogP contribution in [0.4, 0.5) is 0 Å². The van der Waals surface area contributed by atoms with Crippen molar-refractivity contribution >= 4 is 5.91 Å². The first-order valence-electron chi connectivity index (χ1n) is 5.22. The molecule has 0 aromatic heterocycles. The molecule has 0 aliphatic carbocycles. The van der Waals surface area contributed by atoms with E-state index in [2.05, 4.69) is 32.7 Å². The highest BCUT2D eigenvalue weighted by Crippen LogP contribution is 2.17. The predicted octanol–water partition coefficient (Wildman–Crippen LogP) is 1.02. The van der Waals surface area contributed by atoms with Crippen LogP contribution >= 0.6 is 0 Å². The molecule has 1 aliphatic heterocycles. The number of carbonyl (C=O) groups excluding carboxylic acids is 1. The smallest absolute Gasteiger partial charge is 0.246 e. The summed E-state index contributed by atoms with van der Waals surface area (Å²) in [5.41, 5.74) is 0. The van der Waals surface area contributed by atoms with Gasteiger partial charge in [0.15, 0.2) is 0 Å². The summed E-state index contributed by atoms with van der Waals surface area (Å²) in [5, 5.41) is 3.47. The second kappa shape index (κ2) is 4.60. The Morgan fingerprint density at radius 2 is 2.21 bits per heavy atom. The fourth-order valence-electron chi connectivity index (χ4n) is 1.92. The molecule has 0 saturated carbocycles. The van der Waals surface area contributed by atoms with Crippen LogP contribution in [-0.4, -0.2) is 36.0 Å².